The zero-order valence-electron chi connectivity index (χ0n) is 14.9. The van der Waals surface area contributed by atoms with Crippen LogP contribution in [-0.4, -0.2) is 77.9 Å². The highest BCUT2D eigenvalue weighted by molar-refractivity contribution is 5.93. The number of aromatic nitrogens is 2. The predicted octanol–water partition coefficient (Wildman–Crippen LogP) is 0.377. The molecule has 3 rings (SSSR count). The first-order chi connectivity index (χ1) is 13.2. The number of amides is 1. The Labute approximate surface area is 158 Å². The molecule has 0 radical (unpaired) electrons. The van der Waals surface area contributed by atoms with Gasteiger partial charge in [-0.3, -0.25) is 4.79 Å². The second-order valence-corrected chi connectivity index (χ2v) is 6.33. The first-order valence-electron chi connectivity index (χ1n) is 8.53. The average Bonchev–Trinajstić information content (AvgIpc) is 2.91. The predicted molar refractivity (Wildman–Crippen MR) is 88.6 cm³/mol. The minimum Gasteiger partial charge on any atom is -0.475 e. The lowest BCUT2D eigenvalue weighted by Crippen LogP contribution is -2.43. The van der Waals surface area contributed by atoms with Crippen molar-refractivity contribution in [2.75, 3.05) is 32.8 Å². The molecular formula is C16H21F3N4O5. The number of aliphatic carboxylic acids is 1. The molecule has 2 fully saturated rings. The molecule has 0 aliphatic carbocycles. The molecule has 0 bridgehead atoms. The topological polar surface area (TPSA) is 123 Å². The number of carboxylic acid groups (broad SMARTS) is 1. The van der Waals surface area contributed by atoms with Gasteiger partial charge in [0.2, 0.25) is 0 Å². The summed E-state index contributed by atoms with van der Waals surface area (Å²) in [5, 5.41) is 20.7. The van der Waals surface area contributed by atoms with Crippen LogP contribution in [0.1, 0.15) is 23.2 Å². The number of ether oxygens (including phenoxy) is 2. The normalized spacial score (nSPS) is 24.8. The van der Waals surface area contributed by atoms with Gasteiger partial charge in [-0.2, -0.15) is 23.4 Å². The number of alkyl halides is 3. The minimum atomic E-state index is -5.08. The molecule has 156 valence electrons. The fraction of sp³-hybridized carbons (Fsp3) is 0.625. The van der Waals surface area contributed by atoms with E-state index in [1.807, 2.05) is 0 Å². The number of carbonyl (C=O) groups excluding carboxylic acids is 1. The molecule has 2 aliphatic heterocycles. The van der Waals surface area contributed by atoms with Crippen molar-refractivity contribution in [2.45, 2.75) is 30.7 Å². The van der Waals surface area contributed by atoms with Crippen LogP contribution in [0.15, 0.2) is 18.5 Å². The molecule has 3 N–H and O–H groups in total. The molecule has 1 aromatic heterocycles. The summed E-state index contributed by atoms with van der Waals surface area (Å²) in [6.07, 6.45) is -0.204. The van der Waals surface area contributed by atoms with Gasteiger partial charge in [-0.25, -0.2) is 4.79 Å². The SMILES string of the molecule is O=C(NCC1CCC2(CNCCOC2)O1)c1ccnnc1.O=C(O)C(F)(F)F. The number of rotatable bonds is 3. The van der Waals surface area contributed by atoms with Crippen LogP contribution in [0.3, 0.4) is 0 Å². The van der Waals surface area contributed by atoms with E-state index in [1.165, 1.54) is 12.4 Å². The Hall–Kier alpha value is -2.31. The summed E-state index contributed by atoms with van der Waals surface area (Å²) in [6.45, 7) is 3.52. The third kappa shape index (κ3) is 6.69. The zero-order valence-corrected chi connectivity index (χ0v) is 14.9. The van der Waals surface area contributed by atoms with E-state index in [9.17, 15) is 18.0 Å². The Bertz CT molecular complexity index is 651. The summed E-state index contributed by atoms with van der Waals surface area (Å²) in [5.41, 5.74) is 0.279. The van der Waals surface area contributed by atoms with Crippen molar-refractivity contribution in [1.29, 1.82) is 0 Å². The van der Waals surface area contributed by atoms with E-state index in [0.29, 0.717) is 18.7 Å². The lowest BCUT2D eigenvalue weighted by atomic mass is 10.0. The van der Waals surface area contributed by atoms with E-state index in [1.54, 1.807) is 6.07 Å². The molecule has 2 atom stereocenters. The lowest BCUT2D eigenvalue weighted by Gasteiger charge is -2.27. The summed E-state index contributed by atoms with van der Waals surface area (Å²) in [4.78, 5) is 20.8. The van der Waals surface area contributed by atoms with Crippen LogP contribution in [0.2, 0.25) is 0 Å². The molecule has 2 aliphatic rings. The van der Waals surface area contributed by atoms with Crippen molar-refractivity contribution in [1.82, 2.24) is 20.8 Å². The van der Waals surface area contributed by atoms with E-state index in [2.05, 4.69) is 20.8 Å². The smallest absolute Gasteiger partial charge is 0.475 e. The number of carboxylic acids is 1. The summed E-state index contributed by atoms with van der Waals surface area (Å²) < 4.78 is 43.4. The van der Waals surface area contributed by atoms with Gasteiger partial charge in [-0.15, -0.1) is 0 Å². The second-order valence-electron chi connectivity index (χ2n) is 6.33. The number of hydrogen-bond donors (Lipinski definition) is 3. The minimum absolute atomic E-state index is 0.0345. The van der Waals surface area contributed by atoms with E-state index in [4.69, 9.17) is 19.4 Å². The highest BCUT2D eigenvalue weighted by atomic mass is 19.4. The van der Waals surface area contributed by atoms with Gasteiger partial charge in [0, 0.05) is 19.6 Å². The quantitative estimate of drug-likeness (QED) is 0.658. The van der Waals surface area contributed by atoms with Crippen LogP contribution >= 0.6 is 0 Å². The van der Waals surface area contributed by atoms with Gasteiger partial charge < -0.3 is 25.2 Å². The summed E-state index contributed by atoms with van der Waals surface area (Å²) in [7, 11) is 0. The maximum Gasteiger partial charge on any atom is 0.490 e. The van der Waals surface area contributed by atoms with Gasteiger partial charge in [0.25, 0.3) is 5.91 Å². The maximum absolute atomic E-state index is 12.0. The summed E-state index contributed by atoms with van der Waals surface area (Å²) in [5.74, 6) is -2.91. The van der Waals surface area contributed by atoms with E-state index < -0.39 is 12.1 Å². The Morgan fingerprint density at radius 2 is 2.14 bits per heavy atom. The maximum atomic E-state index is 12.0. The van der Waals surface area contributed by atoms with E-state index in [-0.39, 0.29) is 17.6 Å². The number of halogens is 3. The molecule has 1 amide bonds. The van der Waals surface area contributed by atoms with Crippen molar-refractivity contribution in [3.8, 4) is 0 Å². The number of nitrogens with one attached hydrogen (secondary N) is 2. The van der Waals surface area contributed by atoms with Crippen LogP contribution < -0.4 is 10.6 Å². The number of nitrogens with zero attached hydrogens (tertiary/aromatic N) is 2. The molecule has 0 saturated carbocycles. The Balaban J connectivity index is 0.000000345. The van der Waals surface area contributed by atoms with Crippen LogP contribution in [0.5, 0.6) is 0 Å². The monoisotopic (exact) mass is 406 g/mol. The highest BCUT2D eigenvalue weighted by Gasteiger charge is 2.41. The summed E-state index contributed by atoms with van der Waals surface area (Å²) in [6, 6.07) is 1.64. The third-order valence-corrected chi connectivity index (χ3v) is 4.15. The first-order valence-corrected chi connectivity index (χ1v) is 8.53. The van der Waals surface area contributed by atoms with Crippen LogP contribution in [0.25, 0.3) is 0 Å². The van der Waals surface area contributed by atoms with Crippen molar-refractivity contribution in [2.24, 2.45) is 0 Å². The molecule has 2 saturated heterocycles. The molecule has 12 heteroatoms. The zero-order chi connectivity index (χ0) is 20.6. The molecule has 1 spiro atoms. The number of carbonyl (C=O) groups is 2. The number of hydrogen-bond acceptors (Lipinski definition) is 7. The lowest BCUT2D eigenvalue weighted by molar-refractivity contribution is -0.192. The summed E-state index contributed by atoms with van der Waals surface area (Å²) >= 11 is 0. The van der Waals surface area contributed by atoms with Crippen LogP contribution in [0.4, 0.5) is 13.2 Å². The van der Waals surface area contributed by atoms with Gasteiger partial charge in [0.1, 0.15) is 5.60 Å². The van der Waals surface area contributed by atoms with Gasteiger partial charge >= 0.3 is 12.1 Å². The van der Waals surface area contributed by atoms with E-state index in [0.717, 1.165) is 32.5 Å². The second kappa shape index (κ2) is 9.75. The Kier molecular flexibility index (Phi) is 7.66. The van der Waals surface area contributed by atoms with Gasteiger partial charge in [0.15, 0.2) is 0 Å². The third-order valence-electron chi connectivity index (χ3n) is 4.15. The average molecular weight is 406 g/mol. The van der Waals surface area contributed by atoms with Crippen molar-refractivity contribution in [3.05, 3.63) is 24.0 Å². The van der Waals surface area contributed by atoms with E-state index >= 15 is 0 Å². The molecular weight excluding hydrogens is 385 g/mol. The molecule has 9 nitrogen and oxygen atoms in total. The van der Waals surface area contributed by atoms with Crippen molar-refractivity contribution >= 4 is 11.9 Å². The van der Waals surface area contributed by atoms with Crippen molar-refractivity contribution < 1.29 is 37.3 Å². The fourth-order valence-corrected chi connectivity index (χ4v) is 2.78. The Morgan fingerprint density at radius 1 is 1.39 bits per heavy atom. The standard InChI is InChI=1S/C14H20N4O3.C2HF3O2/c19-13(11-2-4-17-18-7-11)16-8-12-1-3-14(21-12)9-15-5-6-20-10-14;3-2(4,5)1(6)7/h2,4,7,12,15H,1,3,5-6,8-10H2,(H,16,19);(H,6,7). The van der Waals surface area contributed by atoms with Crippen LogP contribution in [-0.2, 0) is 14.3 Å². The molecule has 1 aromatic rings. The van der Waals surface area contributed by atoms with Gasteiger partial charge in [-0.1, -0.05) is 0 Å². The first kappa shape index (κ1) is 22.0. The largest absolute Gasteiger partial charge is 0.490 e. The highest BCUT2D eigenvalue weighted by Crippen LogP contribution is 2.30. The fourth-order valence-electron chi connectivity index (χ4n) is 2.78. The molecule has 0 aromatic carbocycles. The van der Waals surface area contributed by atoms with Crippen molar-refractivity contribution in [3.63, 3.8) is 0 Å². The molecule has 28 heavy (non-hydrogen) atoms. The van der Waals surface area contributed by atoms with Gasteiger partial charge in [0.05, 0.1) is 37.3 Å². The molecule has 2 unspecified atom stereocenters. The van der Waals surface area contributed by atoms with Gasteiger partial charge in [-0.05, 0) is 18.9 Å². The van der Waals surface area contributed by atoms with Crippen LogP contribution in [0, 0.1) is 0 Å². The molecule has 3 heterocycles. The Morgan fingerprint density at radius 3 is 2.79 bits per heavy atom.